The first kappa shape index (κ1) is 36.5. The smallest absolute Gasteiger partial charge is 0.489 e. The third kappa shape index (κ3) is 8.85. The van der Waals surface area contributed by atoms with Crippen LogP contribution in [-0.2, 0) is 35.6 Å². The molecule has 272 valence electrons. The second-order valence-corrected chi connectivity index (χ2v) is 15.1. The number of likely N-dealkylation sites (tertiary alicyclic amines) is 1. The molecule has 5 aromatic rings. The summed E-state index contributed by atoms with van der Waals surface area (Å²) < 4.78 is 25.3. The van der Waals surface area contributed by atoms with Crippen molar-refractivity contribution in [3.8, 4) is 11.5 Å². The highest BCUT2D eigenvalue weighted by Gasteiger charge is 2.51. The Balaban J connectivity index is 1.20. The molecule has 0 N–H and O–H groups in total. The summed E-state index contributed by atoms with van der Waals surface area (Å²) in [5, 5.41) is 0. The van der Waals surface area contributed by atoms with Gasteiger partial charge in [0.1, 0.15) is 24.7 Å². The largest absolute Gasteiger partial charge is 0.494 e. The van der Waals surface area contributed by atoms with E-state index in [1.54, 1.807) is 0 Å². The molecule has 2 aliphatic rings. The number of rotatable bonds is 13. The van der Waals surface area contributed by atoms with Gasteiger partial charge < -0.3 is 23.7 Å². The van der Waals surface area contributed by atoms with Crippen LogP contribution in [0.1, 0.15) is 73.1 Å². The SMILES string of the molecule is CC1(C)OB(c2ccc(N(Cc3cccc(CN4CCCC4)c3)C(=O)c3ccc(OCc4ccccc4)cc3OCc3ccccc3)cc2)OC1(C)C. The number of carbonyl (C=O) groups excluding carboxylic acids is 1. The fourth-order valence-electron chi connectivity index (χ4n) is 6.79. The van der Waals surface area contributed by atoms with Gasteiger partial charge >= 0.3 is 7.12 Å². The van der Waals surface area contributed by atoms with Crippen LogP contribution < -0.4 is 19.8 Å². The molecule has 0 spiro atoms. The average Bonchev–Trinajstić information content (AvgIpc) is 3.76. The van der Waals surface area contributed by atoms with Crippen LogP contribution in [0.25, 0.3) is 0 Å². The fraction of sp³-hybridized carbons (Fsp3) is 0.311. The molecular weight excluding hydrogens is 659 g/mol. The molecule has 2 aliphatic heterocycles. The normalized spacial score (nSPS) is 16.4. The Kier molecular flexibility index (Phi) is 11.0. The molecule has 0 aliphatic carbocycles. The van der Waals surface area contributed by atoms with Crippen molar-refractivity contribution in [3.05, 3.63) is 155 Å². The Labute approximate surface area is 314 Å². The van der Waals surface area contributed by atoms with Crippen LogP contribution in [0.2, 0.25) is 0 Å². The van der Waals surface area contributed by atoms with Crippen LogP contribution in [0, 0.1) is 0 Å². The van der Waals surface area contributed by atoms with Gasteiger partial charge in [-0.05, 0) is 106 Å². The lowest BCUT2D eigenvalue weighted by Gasteiger charge is -2.32. The Morgan fingerprint density at radius 3 is 1.91 bits per heavy atom. The van der Waals surface area contributed by atoms with Gasteiger partial charge in [-0.3, -0.25) is 9.69 Å². The first-order chi connectivity index (χ1) is 25.6. The summed E-state index contributed by atoms with van der Waals surface area (Å²) in [6, 6.07) is 42.0. The van der Waals surface area contributed by atoms with Gasteiger partial charge in [0.15, 0.2) is 0 Å². The van der Waals surface area contributed by atoms with E-state index in [1.165, 1.54) is 18.4 Å². The molecule has 0 atom stereocenters. The molecule has 7 nitrogen and oxygen atoms in total. The van der Waals surface area contributed by atoms with Gasteiger partial charge in [-0.2, -0.15) is 0 Å². The maximum Gasteiger partial charge on any atom is 0.494 e. The zero-order valence-electron chi connectivity index (χ0n) is 31.3. The van der Waals surface area contributed by atoms with Crippen molar-refractivity contribution in [1.82, 2.24) is 4.90 Å². The van der Waals surface area contributed by atoms with Gasteiger partial charge in [-0.15, -0.1) is 0 Å². The highest BCUT2D eigenvalue weighted by molar-refractivity contribution is 6.62. The van der Waals surface area contributed by atoms with E-state index in [1.807, 2.05) is 108 Å². The minimum Gasteiger partial charge on any atom is -0.489 e. The summed E-state index contributed by atoms with van der Waals surface area (Å²) in [6.45, 7) is 12.5. The van der Waals surface area contributed by atoms with Crippen molar-refractivity contribution < 1.29 is 23.6 Å². The zero-order chi connectivity index (χ0) is 36.8. The van der Waals surface area contributed by atoms with E-state index in [2.05, 4.69) is 56.9 Å². The molecule has 0 unspecified atom stereocenters. The fourth-order valence-corrected chi connectivity index (χ4v) is 6.79. The second-order valence-electron chi connectivity index (χ2n) is 15.1. The second kappa shape index (κ2) is 16.0. The van der Waals surface area contributed by atoms with Crippen molar-refractivity contribution in [2.75, 3.05) is 18.0 Å². The zero-order valence-corrected chi connectivity index (χ0v) is 31.3. The molecule has 0 bridgehead atoms. The predicted molar refractivity (Wildman–Crippen MR) is 212 cm³/mol. The summed E-state index contributed by atoms with van der Waals surface area (Å²) in [5.74, 6) is 0.920. The Morgan fingerprint density at radius 2 is 1.26 bits per heavy atom. The van der Waals surface area contributed by atoms with Gasteiger partial charge in [-0.25, -0.2) is 0 Å². The predicted octanol–water partition coefficient (Wildman–Crippen LogP) is 8.59. The molecule has 2 heterocycles. The molecule has 0 aromatic heterocycles. The summed E-state index contributed by atoms with van der Waals surface area (Å²) in [5.41, 5.74) is 5.58. The number of hydrogen-bond acceptors (Lipinski definition) is 6. The highest BCUT2D eigenvalue weighted by atomic mass is 16.7. The molecule has 5 aromatic carbocycles. The van der Waals surface area contributed by atoms with E-state index in [9.17, 15) is 4.79 Å². The van der Waals surface area contributed by atoms with Gasteiger partial charge in [0.05, 0.1) is 23.3 Å². The number of carbonyl (C=O) groups is 1. The quantitative estimate of drug-likeness (QED) is 0.114. The Bertz CT molecular complexity index is 1960. The number of anilines is 1. The minimum atomic E-state index is -0.498. The molecule has 2 saturated heterocycles. The Hall–Kier alpha value is -4.89. The summed E-state index contributed by atoms with van der Waals surface area (Å²) in [7, 11) is -0.498. The van der Waals surface area contributed by atoms with Gasteiger partial charge in [-0.1, -0.05) is 97.1 Å². The topological polar surface area (TPSA) is 60.5 Å². The van der Waals surface area contributed by atoms with Crippen LogP contribution in [0.5, 0.6) is 11.5 Å². The van der Waals surface area contributed by atoms with Gasteiger partial charge in [0.25, 0.3) is 5.91 Å². The van der Waals surface area contributed by atoms with Crippen LogP contribution in [-0.4, -0.2) is 42.2 Å². The monoisotopic (exact) mass is 708 g/mol. The van der Waals surface area contributed by atoms with E-state index >= 15 is 0 Å². The molecular formula is C45H49BN2O5. The molecule has 0 radical (unpaired) electrons. The maximum atomic E-state index is 14.9. The third-order valence-electron chi connectivity index (χ3n) is 10.6. The summed E-state index contributed by atoms with van der Waals surface area (Å²) >= 11 is 0. The Morgan fingerprint density at radius 1 is 0.679 bits per heavy atom. The van der Waals surface area contributed by atoms with Crippen molar-refractivity contribution in [2.24, 2.45) is 0 Å². The third-order valence-corrected chi connectivity index (χ3v) is 10.6. The van der Waals surface area contributed by atoms with E-state index in [-0.39, 0.29) is 5.91 Å². The lowest BCUT2D eigenvalue weighted by molar-refractivity contribution is 0.00578. The first-order valence-electron chi connectivity index (χ1n) is 18.7. The lowest BCUT2D eigenvalue weighted by atomic mass is 9.79. The number of amides is 1. The van der Waals surface area contributed by atoms with Crippen molar-refractivity contribution in [3.63, 3.8) is 0 Å². The van der Waals surface area contributed by atoms with E-state index in [4.69, 9.17) is 18.8 Å². The maximum absolute atomic E-state index is 14.9. The number of benzene rings is 5. The summed E-state index contributed by atoms with van der Waals surface area (Å²) in [4.78, 5) is 19.2. The van der Waals surface area contributed by atoms with Crippen molar-refractivity contribution in [1.29, 1.82) is 0 Å². The lowest BCUT2D eigenvalue weighted by Crippen LogP contribution is -2.41. The van der Waals surface area contributed by atoms with Crippen LogP contribution >= 0.6 is 0 Å². The molecule has 8 heteroatoms. The van der Waals surface area contributed by atoms with Gasteiger partial charge in [0.2, 0.25) is 0 Å². The first-order valence-corrected chi connectivity index (χ1v) is 18.7. The molecule has 7 rings (SSSR count). The van der Waals surface area contributed by atoms with Crippen LogP contribution in [0.4, 0.5) is 5.69 Å². The van der Waals surface area contributed by atoms with Crippen LogP contribution in [0.3, 0.4) is 0 Å². The molecule has 2 fully saturated rings. The van der Waals surface area contributed by atoms with E-state index in [0.29, 0.717) is 36.8 Å². The number of nitrogens with zero attached hydrogens (tertiary/aromatic N) is 2. The van der Waals surface area contributed by atoms with Crippen molar-refractivity contribution >= 4 is 24.2 Å². The standard InChI is InChI=1S/C45H49BN2O5/c1-44(2)45(3,4)53-46(52-44)38-20-22-39(23-21-38)48(31-37-19-13-18-36(28-37)30-47-26-11-12-27-47)43(49)41-25-24-40(50-32-34-14-7-5-8-15-34)29-42(41)51-33-35-16-9-6-10-17-35/h5-10,13-25,28-29H,11-12,26-27,30-33H2,1-4H3. The minimum absolute atomic E-state index is 0.170. The molecule has 53 heavy (non-hydrogen) atoms. The number of ether oxygens (including phenoxy) is 2. The summed E-state index contributed by atoms with van der Waals surface area (Å²) in [6.07, 6.45) is 2.49. The number of hydrogen-bond donors (Lipinski definition) is 0. The molecule has 1 amide bonds. The average molecular weight is 709 g/mol. The van der Waals surface area contributed by atoms with Crippen LogP contribution in [0.15, 0.2) is 127 Å². The van der Waals surface area contributed by atoms with Crippen molar-refractivity contribution in [2.45, 2.75) is 78.0 Å². The molecule has 0 saturated carbocycles. The van der Waals surface area contributed by atoms with Gasteiger partial charge in [0, 0.05) is 18.3 Å². The highest BCUT2D eigenvalue weighted by Crippen LogP contribution is 2.37. The van der Waals surface area contributed by atoms with E-state index < -0.39 is 18.3 Å². The van der Waals surface area contributed by atoms with E-state index in [0.717, 1.165) is 47.5 Å².